The molecule has 0 aromatic carbocycles. The predicted molar refractivity (Wildman–Crippen MR) is 82.4 cm³/mol. The van der Waals surface area contributed by atoms with Gasteiger partial charge < -0.3 is 0 Å². The standard InChI is InChI=1S/C14H16Cl2N2S/c1-14(2,3)7-4-5-8-9(6-7)19-12-10(8)11(15)17-13(16)18-12/h7H,4-6H2,1-3H3. The molecule has 1 aliphatic rings. The summed E-state index contributed by atoms with van der Waals surface area (Å²) in [4.78, 5) is 10.7. The monoisotopic (exact) mass is 314 g/mol. The van der Waals surface area contributed by atoms with E-state index in [0.717, 1.165) is 29.0 Å². The van der Waals surface area contributed by atoms with Crippen molar-refractivity contribution in [1.82, 2.24) is 9.97 Å². The summed E-state index contributed by atoms with van der Waals surface area (Å²) in [7, 11) is 0. The van der Waals surface area contributed by atoms with Crippen LogP contribution < -0.4 is 0 Å². The molecule has 1 atom stereocenters. The lowest BCUT2D eigenvalue weighted by molar-refractivity contribution is 0.218. The molecule has 0 radical (unpaired) electrons. The van der Waals surface area contributed by atoms with Crippen molar-refractivity contribution < 1.29 is 0 Å². The number of nitrogens with zero attached hydrogens (tertiary/aromatic N) is 2. The van der Waals surface area contributed by atoms with Gasteiger partial charge in [-0.25, -0.2) is 9.97 Å². The van der Waals surface area contributed by atoms with Crippen LogP contribution in [-0.4, -0.2) is 9.97 Å². The first-order chi connectivity index (χ1) is 8.86. The second-order valence-electron chi connectivity index (χ2n) is 6.27. The molecule has 0 bridgehead atoms. The van der Waals surface area contributed by atoms with Gasteiger partial charge in [-0.1, -0.05) is 32.4 Å². The average Bonchev–Trinajstić information content (AvgIpc) is 2.64. The molecule has 2 heterocycles. The fourth-order valence-electron chi connectivity index (χ4n) is 2.85. The van der Waals surface area contributed by atoms with E-state index in [9.17, 15) is 0 Å². The molecule has 0 amide bonds. The Kier molecular flexibility index (Phi) is 3.27. The highest BCUT2D eigenvalue weighted by Gasteiger charge is 2.31. The summed E-state index contributed by atoms with van der Waals surface area (Å²) < 4.78 is 0. The number of aryl methyl sites for hydroxylation is 1. The molecule has 1 aliphatic carbocycles. The molecule has 2 nitrogen and oxygen atoms in total. The van der Waals surface area contributed by atoms with Gasteiger partial charge in [0.1, 0.15) is 9.98 Å². The zero-order valence-electron chi connectivity index (χ0n) is 11.3. The molecular weight excluding hydrogens is 299 g/mol. The van der Waals surface area contributed by atoms with Gasteiger partial charge in [0, 0.05) is 4.88 Å². The lowest BCUT2D eigenvalue weighted by atomic mass is 9.72. The van der Waals surface area contributed by atoms with Crippen LogP contribution in [-0.2, 0) is 12.8 Å². The third-order valence-corrected chi connectivity index (χ3v) is 5.65. The molecular formula is C14H16Cl2N2S. The Hall–Kier alpha value is -0.380. The fourth-order valence-corrected chi connectivity index (χ4v) is 4.75. The Morgan fingerprint density at radius 3 is 2.63 bits per heavy atom. The molecule has 1 unspecified atom stereocenters. The van der Waals surface area contributed by atoms with E-state index in [1.807, 2.05) is 0 Å². The Morgan fingerprint density at radius 2 is 1.95 bits per heavy atom. The van der Waals surface area contributed by atoms with Crippen molar-refractivity contribution in [3.8, 4) is 0 Å². The smallest absolute Gasteiger partial charge is 0.207 e. The number of rotatable bonds is 0. The highest BCUT2D eigenvalue weighted by atomic mass is 35.5. The maximum atomic E-state index is 6.24. The first-order valence-electron chi connectivity index (χ1n) is 6.49. The molecule has 0 fully saturated rings. The predicted octanol–water partition coefficient (Wildman–Crippen LogP) is 5.15. The van der Waals surface area contributed by atoms with E-state index < -0.39 is 0 Å². The van der Waals surface area contributed by atoms with E-state index in [4.69, 9.17) is 23.2 Å². The van der Waals surface area contributed by atoms with Gasteiger partial charge in [0.2, 0.25) is 5.28 Å². The summed E-state index contributed by atoms with van der Waals surface area (Å²) in [6.07, 6.45) is 3.40. The summed E-state index contributed by atoms with van der Waals surface area (Å²) in [5.74, 6) is 0.718. The molecule has 0 N–H and O–H groups in total. The minimum atomic E-state index is 0.239. The maximum absolute atomic E-state index is 6.24. The van der Waals surface area contributed by atoms with Crippen molar-refractivity contribution >= 4 is 44.8 Å². The van der Waals surface area contributed by atoms with Gasteiger partial charge in [0.15, 0.2) is 0 Å². The van der Waals surface area contributed by atoms with E-state index in [1.54, 1.807) is 11.3 Å². The van der Waals surface area contributed by atoms with Crippen LogP contribution in [0, 0.1) is 11.3 Å². The summed E-state index contributed by atoms with van der Waals surface area (Å²) in [6, 6.07) is 0. The Morgan fingerprint density at radius 1 is 1.21 bits per heavy atom. The number of hydrogen-bond donors (Lipinski definition) is 0. The molecule has 2 aromatic rings. The average molecular weight is 315 g/mol. The molecule has 0 saturated carbocycles. The van der Waals surface area contributed by atoms with Crippen molar-refractivity contribution in [1.29, 1.82) is 0 Å². The maximum Gasteiger partial charge on any atom is 0.225 e. The highest BCUT2D eigenvalue weighted by molar-refractivity contribution is 7.19. The molecule has 0 spiro atoms. The van der Waals surface area contributed by atoms with Crippen LogP contribution in [0.3, 0.4) is 0 Å². The van der Waals surface area contributed by atoms with Crippen LogP contribution >= 0.6 is 34.5 Å². The van der Waals surface area contributed by atoms with Crippen molar-refractivity contribution in [2.75, 3.05) is 0 Å². The van der Waals surface area contributed by atoms with Crippen molar-refractivity contribution in [2.24, 2.45) is 11.3 Å². The summed E-state index contributed by atoms with van der Waals surface area (Å²) in [5.41, 5.74) is 1.70. The van der Waals surface area contributed by atoms with Crippen molar-refractivity contribution in [3.63, 3.8) is 0 Å². The number of fused-ring (bicyclic) bond motifs is 3. The van der Waals surface area contributed by atoms with Gasteiger partial charge in [0.25, 0.3) is 0 Å². The van der Waals surface area contributed by atoms with Gasteiger partial charge >= 0.3 is 0 Å². The lowest BCUT2D eigenvalue weighted by Gasteiger charge is -2.33. The number of halogens is 2. The highest BCUT2D eigenvalue weighted by Crippen LogP contribution is 2.44. The van der Waals surface area contributed by atoms with E-state index in [0.29, 0.717) is 10.6 Å². The molecule has 5 heteroatoms. The summed E-state index contributed by atoms with van der Waals surface area (Å²) in [6.45, 7) is 6.96. The minimum Gasteiger partial charge on any atom is -0.207 e. The van der Waals surface area contributed by atoms with Crippen LogP contribution in [0.15, 0.2) is 0 Å². The van der Waals surface area contributed by atoms with E-state index in [1.165, 1.54) is 16.9 Å². The van der Waals surface area contributed by atoms with Gasteiger partial charge in [0.05, 0.1) is 5.39 Å². The Bertz CT molecular complexity index is 643. The lowest BCUT2D eigenvalue weighted by Crippen LogP contribution is -2.26. The first kappa shape index (κ1) is 13.6. The van der Waals surface area contributed by atoms with Crippen LogP contribution in [0.4, 0.5) is 0 Å². The van der Waals surface area contributed by atoms with Crippen molar-refractivity contribution in [2.45, 2.75) is 40.0 Å². The molecule has 19 heavy (non-hydrogen) atoms. The van der Waals surface area contributed by atoms with Gasteiger partial charge in [-0.3, -0.25) is 0 Å². The SMILES string of the molecule is CC(C)(C)C1CCc2c(sc3nc(Cl)nc(Cl)c23)C1. The normalized spacial score (nSPS) is 19.7. The van der Waals surface area contributed by atoms with E-state index in [2.05, 4.69) is 30.7 Å². The Balaban J connectivity index is 2.10. The second-order valence-corrected chi connectivity index (χ2v) is 8.05. The number of aromatic nitrogens is 2. The van der Waals surface area contributed by atoms with Crippen molar-refractivity contribution in [3.05, 3.63) is 20.9 Å². The zero-order chi connectivity index (χ0) is 13.8. The Labute approximate surface area is 127 Å². The number of thiophene rings is 1. The minimum absolute atomic E-state index is 0.239. The van der Waals surface area contributed by atoms with Gasteiger partial charge in [-0.05, 0) is 47.8 Å². The molecule has 2 aromatic heterocycles. The molecule has 102 valence electrons. The molecule has 0 saturated heterocycles. The zero-order valence-corrected chi connectivity index (χ0v) is 13.6. The van der Waals surface area contributed by atoms with Gasteiger partial charge in [-0.2, -0.15) is 0 Å². The molecule has 0 aliphatic heterocycles. The van der Waals surface area contributed by atoms with Crippen LogP contribution in [0.1, 0.15) is 37.6 Å². The van der Waals surface area contributed by atoms with E-state index in [-0.39, 0.29) is 5.28 Å². The quantitative estimate of drug-likeness (QED) is 0.496. The third kappa shape index (κ3) is 2.37. The third-order valence-electron chi connectivity index (χ3n) is 4.06. The molecule has 3 rings (SSSR count). The largest absolute Gasteiger partial charge is 0.225 e. The van der Waals surface area contributed by atoms with Crippen LogP contribution in [0.25, 0.3) is 10.2 Å². The second kappa shape index (κ2) is 4.57. The van der Waals surface area contributed by atoms with E-state index >= 15 is 0 Å². The number of hydrogen-bond acceptors (Lipinski definition) is 3. The first-order valence-corrected chi connectivity index (χ1v) is 8.07. The fraction of sp³-hybridized carbons (Fsp3) is 0.571. The summed E-state index contributed by atoms with van der Waals surface area (Å²) in [5, 5.41) is 1.77. The topological polar surface area (TPSA) is 25.8 Å². The summed E-state index contributed by atoms with van der Waals surface area (Å²) >= 11 is 13.9. The van der Waals surface area contributed by atoms with Crippen LogP contribution in [0.5, 0.6) is 0 Å². The van der Waals surface area contributed by atoms with Gasteiger partial charge in [-0.15, -0.1) is 11.3 Å². The van der Waals surface area contributed by atoms with Crippen LogP contribution in [0.2, 0.25) is 10.4 Å².